The third-order valence-electron chi connectivity index (χ3n) is 4.17. The third-order valence-corrected chi connectivity index (χ3v) is 4.87. The van der Waals surface area contributed by atoms with E-state index in [4.69, 9.17) is 4.74 Å². The average Bonchev–Trinajstić information content (AvgIpc) is 3.11. The van der Waals surface area contributed by atoms with Crippen LogP contribution in [0, 0.1) is 5.82 Å². The fourth-order valence-electron chi connectivity index (χ4n) is 2.81. The Bertz CT molecular complexity index is 639. The number of carbonyl (C=O) groups excluding carboxylic acids is 1. The zero-order valence-corrected chi connectivity index (χ0v) is 13.8. The van der Waals surface area contributed by atoms with Gasteiger partial charge in [0.15, 0.2) is 0 Å². The van der Waals surface area contributed by atoms with Gasteiger partial charge < -0.3 is 4.74 Å². The van der Waals surface area contributed by atoms with E-state index >= 15 is 0 Å². The minimum Gasteiger partial charge on any atom is -0.381 e. The van der Waals surface area contributed by atoms with Crippen LogP contribution in [0.2, 0.25) is 0 Å². The maximum atomic E-state index is 13.2. The molecule has 1 atom stereocenters. The van der Waals surface area contributed by atoms with E-state index in [9.17, 15) is 9.18 Å². The summed E-state index contributed by atoms with van der Waals surface area (Å²) in [5, 5.41) is 3.96. The molecule has 1 aliphatic rings. The molecule has 1 aliphatic heterocycles. The first-order valence-corrected chi connectivity index (χ1v) is 8.65. The Labute approximate surface area is 138 Å². The number of aromatic nitrogens is 1. The quantitative estimate of drug-likeness (QED) is 0.858. The summed E-state index contributed by atoms with van der Waals surface area (Å²) in [4.78, 5) is 18.9. The number of amides is 1. The van der Waals surface area contributed by atoms with Crippen LogP contribution in [0.1, 0.15) is 31.2 Å². The molecule has 3 heterocycles. The fraction of sp³-hybridized carbons (Fsp3) is 0.412. The van der Waals surface area contributed by atoms with Crippen LogP contribution in [-0.2, 0) is 9.53 Å². The van der Waals surface area contributed by atoms with Crippen molar-refractivity contribution in [2.45, 2.75) is 31.7 Å². The van der Waals surface area contributed by atoms with E-state index in [-0.39, 0.29) is 17.9 Å². The number of hydrogen-bond acceptors (Lipinski definition) is 4. The molecule has 2 aromatic rings. The molecule has 0 saturated carbocycles. The van der Waals surface area contributed by atoms with E-state index in [0.717, 1.165) is 24.6 Å². The Hall–Kier alpha value is -1.79. The van der Waals surface area contributed by atoms with Crippen molar-refractivity contribution in [2.75, 3.05) is 18.1 Å². The first kappa shape index (κ1) is 16.1. The number of pyridine rings is 1. The van der Waals surface area contributed by atoms with Gasteiger partial charge in [-0.3, -0.25) is 9.69 Å². The Kier molecular flexibility index (Phi) is 5.03. The van der Waals surface area contributed by atoms with Gasteiger partial charge in [0, 0.05) is 19.3 Å². The average molecular weight is 334 g/mol. The highest BCUT2D eigenvalue weighted by Gasteiger charge is 2.31. The molecule has 0 radical (unpaired) electrons. The largest absolute Gasteiger partial charge is 0.381 e. The molecule has 122 valence electrons. The van der Waals surface area contributed by atoms with Gasteiger partial charge in [-0.25, -0.2) is 9.37 Å². The summed E-state index contributed by atoms with van der Waals surface area (Å²) >= 11 is 1.57. The monoisotopic (exact) mass is 334 g/mol. The molecule has 0 spiro atoms. The highest BCUT2D eigenvalue weighted by atomic mass is 32.1. The minimum atomic E-state index is -0.404. The second-order valence-electron chi connectivity index (χ2n) is 5.66. The van der Waals surface area contributed by atoms with Gasteiger partial charge in [-0.15, -0.1) is 0 Å². The molecule has 2 aromatic heterocycles. The molecule has 0 unspecified atom stereocenters. The zero-order valence-electron chi connectivity index (χ0n) is 12.9. The zero-order chi connectivity index (χ0) is 16.2. The molecule has 0 aromatic carbocycles. The normalized spacial score (nSPS) is 17.0. The van der Waals surface area contributed by atoms with Crippen molar-refractivity contribution in [3.05, 3.63) is 46.5 Å². The molecule has 0 aliphatic carbocycles. The number of ether oxygens (including phenoxy) is 1. The van der Waals surface area contributed by atoms with Crippen LogP contribution < -0.4 is 4.90 Å². The maximum absolute atomic E-state index is 13.2. The molecular formula is C17H19FN2O2S. The lowest BCUT2D eigenvalue weighted by molar-refractivity contribution is -0.120. The summed E-state index contributed by atoms with van der Waals surface area (Å²) in [5.74, 6) is -0.158. The molecule has 0 bridgehead atoms. The van der Waals surface area contributed by atoms with Gasteiger partial charge in [0.25, 0.3) is 0 Å². The Morgan fingerprint density at radius 3 is 2.78 bits per heavy atom. The van der Waals surface area contributed by atoms with Crippen molar-refractivity contribution < 1.29 is 13.9 Å². The van der Waals surface area contributed by atoms with E-state index in [2.05, 4.69) is 4.98 Å². The number of hydrogen-bond donors (Lipinski definition) is 0. The molecule has 1 fully saturated rings. The van der Waals surface area contributed by atoms with E-state index in [0.29, 0.717) is 19.0 Å². The van der Waals surface area contributed by atoms with Crippen LogP contribution >= 0.6 is 11.3 Å². The predicted octanol–water partition coefficient (Wildman–Crippen LogP) is 3.60. The van der Waals surface area contributed by atoms with Crippen LogP contribution in [0.3, 0.4) is 0 Å². The highest BCUT2D eigenvalue weighted by Crippen LogP contribution is 2.28. The molecule has 23 heavy (non-hydrogen) atoms. The van der Waals surface area contributed by atoms with Crippen LogP contribution in [-0.4, -0.2) is 30.1 Å². The fourth-order valence-corrected chi connectivity index (χ4v) is 3.56. The van der Waals surface area contributed by atoms with E-state index in [1.54, 1.807) is 22.3 Å². The van der Waals surface area contributed by atoms with Gasteiger partial charge in [0.1, 0.15) is 11.6 Å². The van der Waals surface area contributed by atoms with Gasteiger partial charge in [-0.1, -0.05) is 0 Å². The van der Waals surface area contributed by atoms with E-state index in [1.165, 1.54) is 6.07 Å². The van der Waals surface area contributed by atoms with Crippen LogP contribution in [0.25, 0.3) is 0 Å². The number of rotatable bonds is 4. The van der Waals surface area contributed by atoms with Crippen molar-refractivity contribution in [1.82, 2.24) is 4.98 Å². The van der Waals surface area contributed by atoms with Crippen LogP contribution in [0.4, 0.5) is 10.2 Å². The van der Waals surface area contributed by atoms with Crippen LogP contribution in [0.15, 0.2) is 35.2 Å². The smallest absolute Gasteiger partial charge is 0.235 e. The van der Waals surface area contributed by atoms with Crippen molar-refractivity contribution in [3.8, 4) is 0 Å². The number of nitrogens with zero attached hydrogens (tertiary/aromatic N) is 2. The molecule has 3 rings (SSSR count). The Balaban J connectivity index is 1.90. The third kappa shape index (κ3) is 3.59. The van der Waals surface area contributed by atoms with Gasteiger partial charge in [-0.2, -0.15) is 11.3 Å². The molecular weight excluding hydrogens is 315 g/mol. The van der Waals surface area contributed by atoms with E-state index < -0.39 is 5.82 Å². The number of halogens is 1. The summed E-state index contributed by atoms with van der Waals surface area (Å²) in [6.07, 6.45) is 2.69. The van der Waals surface area contributed by atoms with Gasteiger partial charge in [-0.05, 0) is 54.3 Å². The van der Waals surface area contributed by atoms with Gasteiger partial charge >= 0.3 is 0 Å². The highest BCUT2D eigenvalue weighted by molar-refractivity contribution is 7.08. The Morgan fingerprint density at radius 1 is 1.39 bits per heavy atom. The number of anilines is 1. The van der Waals surface area contributed by atoms with Crippen molar-refractivity contribution >= 4 is 23.1 Å². The predicted molar refractivity (Wildman–Crippen MR) is 88.3 cm³/mol. The lowest BCUT2D eigenvalue weighted by Crippen LogP contribution is -2.45. The lowest BCUT2D eigenvalue weighted by Gasteiger charge is -2.35. The first-order valence-electron chi connectivity index (χ1n) is 7.71. The van der Waals surface area contributed by atoms with E-state index in [1.807, 2.05) is 23.8 Å². The molecule has 1 saturated heterocycles. The topological polar surface area (TPSA) is 42.4 Å². The summed E-state index contributed by atoms with van der Waals surface area (Å²) in [5.41, 5.74) is 0.999. The van der Waals surface area contributed by atoms with Gasteiger partial charge in [0.2, 0.25) is 5.91 Å². The van der Waals surface area contributed by atoms with Crippen LogP contribution in [0.5, 0.6) is 0 Å². The molecule has 0 N–H and O–H groups in total. The van der Waals surface area contributed by atoms with Crippen molar-refractivity contribution in [1.29, 1.82) is 0 Å². The first-order chi connectivity index (χ1) is 11.2. The summed E-state index contributed by atoms with van der Waals surface area (Å²) in [6, 6.07) is 4.92. The van der Waals surface area contributed by atoms with Crippen molar-refractivity contribution in [3.63, 3.8) is 0 Å². The maximum Gasteiger partial charge on any atom is 0.235 e. The number of thiophene rings is 1. The molecule has 6 heteroatoms. The second-order valence-corrected chi connectivity index (χ2v) is 6.44. The minimum absolute atomic E-state index is 0.00518. The molecule has 1 amide bonds. The second kappa shape index (κ2) is 7.19. The molecule has 4 nitrogen and oxygen atoms in total. The number of carbonyl (C=O) groups is 1. The summed E-state index contributed by atoms with van der Waals surface area (Å²) in [7, 11) is 0. The SMILES string of the molecule is C[C@@H](C(=O)N(c1ccc(F)cn1)C1CCOCC1)c1ccsc1. The lowest BCUT2D eigenvalue weighted by atomic mass is 9.99. The van der Waals surface area contributed by atoms with Gasteiger partial charge in [0.05, 0.1) is 12.1 Å². The summed E-state index contributed by atoms with van der Waals surface area (Å²) in [6.45, 7) is 3.16. The standard InChI is InChI=1S/C17H19FN2O2S/c1-12(13-6-9-23-11-13)17(21)20(15-4-7-22-8-5-15)16-3-2-14(18)10-19-16/h2-3,6,9-12,15H,4-5,7-8H2,1H3/t12-/m1/s1. The Morgan fingerprint density at radius 2 is 2.17 bits per heavy atom. The summed E-state index contributed by atoms with van der Waals surface area (Å²) < 4.78 is 18.6. The van der Waals surface area contributed by atoms with Crippen molar-refractivity contribution in [2.24, 2.45) is 0 Å².